The fourth-order valence-electron chi connectivity index (χ4n) is 2.14. The van der Waals surface area contributed by atoms with Crippen LogP contribution in [0.1, 0.15) is 12.0 Å². The van der Waals surface area contributed by atoms with Crippen LogP contribution in [0.4, 0.5) is 0 Å². The minimum Gasteiger partial charge on any atom is -0.491 e. The molecule has 5 nitrogen and oxygen atoms in total. The maximum absolute atomic E-state index is 11.3. The van der Waals surface area contributed by atoms with E-state index in [0.29, 0.717) is 13.0 Å². The molecular formula is C14H21NO4S. The van der Waals surface area contributed by atoms with Crippen LogP contribution in [-0.2, 0) is 9.84 Å². The van der Waals surface area contributed by atoms with Gasteiger partial charge in [-0.25, -0.2) is 8.42 Å². The summed E-state index contributed by atoms with van der Waals surface area (Å²) in [6, 6.07) is 7.57. The van der Waals surface area contributed by atoms with Crippen molar-refractivity contribution >= 4 is 9.84 Å². The first kappa shape index (κ1) is 15.3. The van der Waals surface area contributed by atoms with Crippen molar-refractivity contribution in [2.24, 2.45) is 0 Å². The zero-order valence-corrected chi connectivity index (χ0v) is 12.4. The monoisotopic (exact) mass is 299 g/mol. The Morgan fingerprint density at radius 3 is 2.70 bits per heavy atom. The van der Waals surface area contributed by atoms with Crippen molar-refractivity contribution in [1.82, 2.24) is 5.32 Å². The molecule has 0 aromatic heterocycles. The Labute approximate surface area is 119 Å². The molecule has 2 atom stereocenters. The molecule has 1 aliphatic heterocycles. The van der Waals surface area contributed by atoms with Gasteiger partial charge in [0.1, 0.15) is 18.5 Å². The molecule has 0 spiro atoms. The summed E-state index contributed by atoms with van der Waals surface area (Å²) >= 11 is 0. The molecule has 6 heteroatoms. The van der Waals surface area contributed by atoms with E-state index >= 15 is 0 Å². The summed E-state index contributed by atoms with van der Waals surface area (Å²) < 4.78 is 28.1. The molecule has 1 aromatic rings. The van der Waals surface area contributed by atoms with Crippen molar-refractivity contribution in [3.8, 4) is 5.75 Å². The summed E-state index contributed by atoms with van der Waals surface area (Å²) in [5.74, 6) is 1.12. The summed E-state index contributed by atoms with van der Waals surface area (Å²) in [6.07, 6.45) is -0.0342. The molecule has 20 heavy (non-hydrogen) atoms. The third-order valence-electron chi connectivity index (χ3n) is 3.34. The molecule has 0 unspecified atom stereocenters. The zero-order valence-electron chi connectivity index (χ0n) is 11.6. The van der Waals surface area contributed by atoms with Gasteiger partial charge in [-0.05, 0) is 25.5 Å². The molecular weight excluding hydrogens is 278 g/mol. The highest BCUT2D eigenvalue weighted by Crippen LogP contribution is 2.12. The summed E-state index contributed by atoms with van der Waals surface area (Å²) in [5.41, 5.74) is 1.15. The van der Waals surface area contributed by atoms with Crippen molar-refractivity contribution in [3.05, 3.63) is 29.8 Å². The second kappa shape index (κ2) is 6.56. The number of aliphatic hydroxyl groups excluding tert-OH is 1. The molecule has 1 heterocycles. The number of hydrogen-bond acceptors (Lipinski definition) is 5. The van der Waals surface area contributed by atoms with Crippen molar-refractivity contribution in [2.75, 3.05) is 24.7 Å². The van der Waals surface area contributed by atoms with Crippen LogP contribution in [0.15, 0.2) is 24.3 Å². The van der Waals surface area contributed by atoms with Gasteiger partial charge in [0.05, 0.1) is 11.5 Å². The summed E-state index contributed by atoms with van der Waals surface area (Å²) in [7, 11) is -2.88. The van der Waals surface area contributed by atoms with Crippen LogP contribution in [-0.4, -0.2) is 50.3 Å². The van der Waals surface area contributed by atoms with Gasteiger partial charge in [0.25, 0.3) is 0 Å². The second-order valence-corrected chi connectivity index (χ2v) is 7.51. The van der Waals surface area contributed by atoms with Gasteiger partial charge in [0.2, 0.25) is 0 Å². The lowest BCUT2D eigenvalue weighted by Gasteiger charge is -2.16. The van der Waals surface area contributed by atoms with Crippen LogP contribution in [0.25, 0.3) is 0 Å². The van der Waals surface area contributed by atoms with E-state index in [-0.39, 0.29) is 24.2 Å². The third kappa shape index (κ3) is 4.77. The normalized spacial score (nSPS) is 22.6. The Morgan fingerprint density at radius 2 is 2.10 bits per heavy atom. The Kier molecular flexibility index (Phi) is 5.01. The van der Waals surface area contributed by atoms with Gasteiger partial charge in [-0.1, -0.05) is 17.7 Å². The van der Waals surface area contributed by atoms with Crippen LogP contribution in [0.2, 0.25) is 0 Å². The van der Waals surface area contributed by atoms with E-state index in [0.717, 1.165) is 11.3 Å². The Bertz CT molecular complexity index is 527. The Morgan fingerprint density at radius 1 is 1.40 bits per heavy atom. The third-order valence-corrected chi connectivity index (χ3v) is 5.11. The fraction of sp³-hybridized carbons (Fsp3) is 0.571. The topological polar surface area (TPSA) is 75.6 Å². The van der Waals surface area contributed by atoms with Crippen LogP contribution in [0, 0.1) is 6.92 Å². The predicted octanol–water partition coefficient (Wildman–Crippen LogP) is 0.511. The number of aliphatic hydroxyl groups is 1. The van der Waals surface area contributed by atoms with E-state index in [1.54, 1.807) is 0 Å². The lowest BCUT2D eigenvalue weighted by atomic mass is 10.2. The Hall–Kier alpha value is -1.11. The Balaban J connectivity index is 1.68. The lowest BCUT2D eigenvalue weighted by Crippen LogP contribution is -2.38. The van der Waals surface area contributed by atoms with Gasteiger partial charge in [-0.2, -0.15) is 0 Å². The van der Waals surface area contributed by atoms with E-state index in [1.807, 2.05) is 31.2 Å². The summed E-state index contributed by atoms with van der Waals surface area (Å²) in [5, 5.41) is 12.9. The highest BCUT2D eigenvalue weighted by Gasteiger charge is 2.27. The van der Waals surface area contributed by atoms with E-state index in [4.69, 9.17) is 4.74 Å². The zero-order chi connectivity index (χ0) is 14.6. The average Bonchev–Trinajstić information content (AvgIpc) is 2.75. The SMILES string of the molecule is Cc1ccc(OC[C@H](O)CN[C@H]2CCS(=O)(=O)C2)cc1. The number of benzene rings is 1. The second-order valence-electron chi connectivity index (χ2n) is 5.29. The molecule has 1 aliphatic rings. The first-order chi connectivity index (χ1) is 9.44. The van der Waals surface area contributed by atoms with Gasteiger partial charge in [0, 0.05) is 12.6 Å². The fourth-order valence-corrected chi connectivity index (χ4v) is 3.85. The van der Waals surface area contributed by atoms with E-state index in [9.17, 15) is 13.5 Å². The number of ether oxygens (including phenoxy) is 1. The van der Waals surface area contributed by atoms with Crippen molar-refractivity contribution in [3.63, 3.8) is 0 Å². The van der Waals surface area contributed by atoms with E-state index in [2.05, 4.69) is 5.32 Å². The van der Waals surface area contributed by atoms with Crippen molar-refractivity contribution in [1.29, 1.82) is 0 Å². The molecule has 0 saturated carbocycles. The van der Waals surface area contributed by atoms with Gasteiger partial charge >= 0.3 is 0 Å². The molecule has 1 saturated heterocycles. The van der Waals surface area contributed by atoms with Crippen molar-refractivity contribution < 1.29 is 18.3 Å². The molecule has 0 bridgehead atoms. The molecule has 1 fully saturated rings. The number of nitrogens with one attached hydrogen (secondary N) is 1. The van der Waals surface area contributed by atoms with Crippen LogP contribution in [0.3, 0.4) is 0 Å². The maximum Gasteiger partial charge on any atom is 0.151 e. The van der Waals surface area contributed by atoms with E-state index in [1.165, 1.54) is 0 Å². The number of hydrogen-bond donors (Lipinski definition) is 2. The quantitative estimate of drug-likeness (QED) is 0.800. The number of rotatable bonds is 6. The minimum atomic E-state index is -2.88. The average molecular weight is 299 g/mol. The molecule has 0 radical (unpaired) electrons. The maximum atomic E-state index is 11.3. The standard InChI is InChI=1S/C14H21NO4S/c1-11-2-4-14(5-3-11)19-9-13(16)8-15-12-6-7-20(17,18)10-12/h2-5,12-13,15-16H,6-10H2,1H3/t12-,13+/m0/s1. The molecule has 1 aromatic carbocycles. The van der Waals surface area contributed by atoms with Gasteiger partial charge in [0.15, 0.2) is 9.84 Å². The molecule has 2 rings (SSSR count). The predicted molar refractivity (Wildman–Crippen MR) is 77.7 cm³/mol. The first-order valence-electron chi connectivity index (χ1n) is 6.76. The smallest absolute Gasteiger partial charge is 0.151 e. The van der Waals surface area contributed by atoms with Gasteiger partial charge < -0.3 is 15.2 Å². The molecule has 2 N–H and O–H groups in total. The van der Waals surface area contributed by atoms with Gasteiger partial charge in [-0.3, -0.25) is 0 Å². The lowest BCUT2D eigenvalue weighted by molar-refractivity contribution is 0.104. The molecule has 0 aliphatic carbocycles. The molecule has 112 valence electrons. The first-order valence-corrected chi connectivity index (χ1v) is 8.58. The minimum absolute atomic E-state index is 0.0472. The summed E-state index contributed by atoms with van der Waals surface area (Å²) in [6.45, 7) is 2.53. The van der Waals surface area contributed by atoms with E-state index < -0.39 is 15.9 Å². The molecule has 0 amide bonds. The van der Waals surface area contributed by atoms with Crippen molar-refractivity contribution in [2.45, 2.75) is 25.5 Å². The van der Waals surface area contributed by atoms with Gasteiger partial charge in [-0.15, -0.1) is 0 Å². The largest absolute Gasteiger partial charge is 0.491 e. The van der Waals surface area contributed by atoms with Crippen LogP contribution < -0.4 is 10.1 Å². The van der Waals surface area contributed by atoms with Crippen LogP contribution in [0.5, 0.6) is 5.75 Å². The van der Waals surface area contributed by atoms with Crippen LogP contribution >= 0.6 is 0 Å². The highest BCUT2D eigenvalue weighted by molar-refractivity contribution is 7.91. The summed E-state index contributed by atoms with van der Waals surface area (Å²) in [4.78, 5) is 0. The number of sulfone groups is 1. The highest BCUT2D eigenvalue weighted by atomic mass is 32.2. The number of aryl methyl sites for hydroxylation is 1.